The molecule has 0 heterocycles. The molecule has 0 aromatic heterocycles. The molecule has 0 bridgehead atoms. The van der Waals surface area contributed by atoms with E-state index in [1.807, 2.05) is 0 Å². The van der Waals surface area contributed by atoms with Crippen LogP contribution in [-0.4, -0.2) is 51.1 Å². The number of benzene rings is 2. The Morgan fingerprint density at radius 1 is 0.667 bits per heavy atom. The van der Waals surface area contributed by atoms with Crippen molar-refractivity contribution in [1.29, 1.82) is 0 Å². The zero-order valence-corrected chi connectivity index (χ0v) is 18.5. The van der Waals surface area contributed by atoms with Gasteiger partial charge >= 0.3 is 27.3 Å². The zero-order chi connectivity index (χ0) is 19.7. The van der Waals surface area contributed by atoms with E-state index < -0.39 is 11.9 Å². The SMILES string of the molecule is CC(=O)Nc1ccccc1C(=O)[O-].CC(=O)Nc1ccccc1C(=O)[O-].[Pb+2]. The van der Waals surface area contributed by atoms with Gasteiger partial charge in [-0.25, -0.2) is 0 Å². The Morgan fingerprint density at radius 2 is 0.963 bits per heavy atom. The standard InChI is InChI=1S/2C9H9NO3.Pb/c2*1-6(11)10-8-5-3-2-4-7(8)9(12)13;/h2*2-5H,1H3,(H,10,11)(H,12,13);/q;;+2/p-2. The molecule has 2 rings (SSSR count). The van der Waals surface area contributed by atoms with Gasteiger partial charge in [-0.05, 0) is 12.1 Å². The number of carbonyl (C=O) groups is 4. The minimum Gasteiger partial charge on any atom is -0.545 e. The molecule has 2 radical (unpaired) electrons. The summed E-state index contributed by atoms with van der Waals surface area (Å²) in [4.78, 5) is 42.4. The van der Waals surface area contributed by atoms with Crippen LogP contribution in [0.3, 0.4) is 0 Å². The van der Waals surface area contributed by atoms with E-state index in [1.165, 1.54) is 38.1 Å². The van der Waals surface area contributed by atoms with Crippen molar-refractivity contribution < 1.29 is 29.4 Å². The zero-order valence-electron chi connectivity index (χ0n) is 14.6. The number of carboxylic acid groups (broad SMARTS) is 2. The summed E-state index contributed by atoms with van der Waals surface area (Å²) in [5.41, 5.74) is 0.486. The molecular weight excluding hydrogens is 547 g/mol. The molecule has 0 saturated carbocycles. The number of hydrogen-bond donors (Lipinski definition) is 2. The second-order valence-corrected chi connectivity index (χ2v) is 5.03. The second kappa shape index (κ2) is 11.8. The first-order valence-electron chi connectivity index (χ1n) is 7.38. The van der Waals surface area contributed by atoms with Crippen molar-refractivity contribution in [1.82, 2.24) is 0 Å². The summed E-state index contributed by atoms with van der Waals surface area (Å²) >= 11 is 0. The number of nitrogens with one attached hydrogen (secondary N) is 2. The van der Waals surface area contributed by atoms with Gasteiger partial charge in [0.15, 0.2) is 0 Å². The first-order valence-corrected chi connectivity index (χ1v) is 7.38. The molecule has 0 spiro atoms. The largest absolute Gasteiger partial charge is 2.00 e. The van der Waals surface area contributed by atoms with Crippen LogP contribution in [0.25, 0.3) is 0 Å². The summed E-state index contributed by atoms with van der Waals surface area (Å²) in [6.07, 6.45) is 0. The van der Waals surface area contributed by atoms with Crippen LogP contribution in [0.5, 0.6) is 0 Å². The second-order valence-electron chi connectivity index (χ2n) is 5.03. The molecule has 9 heteroatoms. The van der Waals surface area contributed by atoms with Gasteiger partial charge in [-0.1, -0.05) is 36.4 Å². The first kappa shape index (κ1) is 24.2. The average molecular weight is 564 g/mol. The molecule has 2 amide bonds. The van der Waals surface area contributed by atoms with Crippen LogP contribution in [-0.2, 0) is 9.59 Å². The number of carbonyl (C=O) groups excluding carboxylic acids is 4. The van der Waals surface area contributed by atoms with Gasteiger partial charge in [0.1, 0.15) is 0 Å². The molecule has 8 nitrogen and oxygen atoms in total. The molecule has 0 aliphatic carbocycles. The van der Waals surface area contributed by atoms with Crippen molar-refractivity contribution in [2.45, 2.75) is 13.8 Å². The van der Waals surface area contributed by atoms with Gasteiger partial charge in [0.05, 0.1) is 11.9 Å². The topological polar surface area (TPSA) is 138 Å². The third kappa shape index (κ3) is 8.44. The molecule has 0 atom stereocenters. The van der Waals surface area contributed by atoms with Gasteiger partial charge in [-0.15, -0.1) is 0 Å². The molecule has 0 aliphatic rings. The fourth-order valence-corrected chi connectivity index (χ4v) is 1.92. The van der Waals surface area contributed by atoms with Crippen molar-refractivity contribution in [2.75, 3.05) is 10.6 Å². The number of anilines is 2. The van der Waals surface area contributed by atoms with Crippen LogP contribution < -0.4 is 20.8 Å². The van der Waals surface area contributed by atoms with Gasteiger partial charge in [-0.3, -0.25) is 9.59 Å². The molecule has 0 aliphatic heterocycles. The first-order chi connectivity index (χ1) is 12.2. The smallest absolute Gasteiger partial charge is 0.545 e. The van der Waals surface area contributed by atoms with Gasteiger partial charge < -0.3 is 30.4 Å². The minimum atomic E-state index is -1.30. The van der Waals surface area contributed by atoms with Crippen molar-refractivity contribution in [3.8, 4) is 0 Å². The normalized spacial score (nSPS) is 8.96. The van der Waals surface area contributed by atoms with Gasteiger partial charge in [0.2, 0.25) is 11.8 Å². The average Bonchev–Trinajstić information content (AvgIpc) is 2.55. The van der Waals surface area contributed by atoms with Crippen LogP contribution in [0.4, 0.5) is 11.4 Å². The van der Waals surface area contributed by atoms with Crippen molar-refractivity contribution in [2.24, 2.45) is 0 Å². The van der Waals surface area contributed by atoms with E-state index in [1.54, 1.807) is 24.3 Å². The Morgan fingerprint density at radius 3 is 1.22 bits per heavy atom. The van der Waals surface area contributed by atoms with E-state index in [2.05, 4.69) is 10.6 Å². The molecule has 2 aromatic rings. The predicted octanol–water partition coefficient (Wildman–Crippen LogP) is -0.364. The van der Waals surface area contributed by atoms with Crippen molar-refractivity contribution in [3.05, 3.63) is 59.7 Å². The quantitative estimate of drug-likeness (QED) is 0.488. The third-order valence-corrected chi connectivity index (χ3v) is 2.92. The van der Waals surface area contributed by atoms with Crippen LogP contribution in [0.1, 0.15) is 34.6 Å². The molecule has 27 heavy (non-hydrogen) atoms. The van der Waals surface area contributed by atoms with E-state index in [4.69, 9.17) is 0 Å². The minimum absolute atomic E-state index is 0. The molecule has 0 saturated heterocycles. The summed E-state index contributed by atoms with van der Waals surface area (Å²) in [5, 5.41) is 25.9. The summed E-state index contributed by atoms with van der Waals surface area (Å²) in [7, 11) is 0. The van der Waals surface area contributed by atoms with Crippen LogP contribution in [0.15, 0.2) is 48.5 Å². The number of rotatable bonds is 4. The monoisotopic (exact) mass is 564 g/mol. The van der Waals surface area contributed by atoms with Crippen LogP contribution >= 0.6 is 0 Å². The maximum atomic E-state index is 10.7. The van der Waals surface area contributed by atoms with Crippen molar-refractivity contribution >= 4 is 62.4 Å². The molecule has 2 aromatic carbocycles. The molecule has 2 N–H and O–H groups in total. The summed E-state index contributed by atoms with van der Waals surface area (Å²) in [6, 6.07) is 12.2. The third-order valence-electron chi connectivity index (χ3n) is 2.92. The number of amides is 2. The maximum absolute atomic E-state index is 10.7. The molecular formula is C18H16N2O6Pb. The molecule has 0 fully saturated rings. The number of aromatic carboxylic acids is 2. The van der Waals surface area contributed by atoms with Crippen molar-refractivity contribution in [3.63, 3.8) is 0 Å². The van der Waals surface area contributed by atoms with Gasteiger partial charge in [0, 0.05) is 36.3 Å². The van der Waals surface area contributed by atoms with E-state index in [9.17, 15) is 29.4 Å². The van der Waals surface area contributed by atoms with E-state index in [0.29, 0.717) is 0 Å². The Bertz CT molecular complexity index is 769. The van der Waals surface area contributed by atoms with E-state index in [-0.39, 0.29) is 61.6 Å². The summed E-state index contributed by atoms with van der Waals surface area (Å²) in [6.45, 7) is 2.62. The summed E-state index contributed by atoms with van der Waals surface area (Å²) < 4.78 is 0. The summed E-state index contributed by atoms with van der Waals surface area (Å²) in [5.74, 6) is -3.23. The van der Waals surface area contributed by atoms with E-state index >= 15 is 0 Å². The van der Waals surface area contributed by atoms with Crippen LogP contribution in [0.2, 0.25) is 0 Å². The number of hydrogen-bond acceptors (Lipinski definition) is 6. The predicted molar refractivity (Wildman–Crippen MR) is 95.9 cm³/mol. The maximum Gasteiger partial charge on any atom is 2.00 e. The number of carboxylic acids is 2. The van der Waals surface area contributed by atoms with E-state index in [0.717, 1.165) is 0 Å². The van der Waals surface area contributed by atoms with Gasteiger partial charge in [-0.2, -0.15) is 0 Å². The van der Waals surface area contributed by atoms with Gasteiger partial charge in [0.25, 0.3) is 0 Å². The Balaban J connectivity index is 0.000000483. The Hall–Kier alpha value is -2.76. The van der Waals surface area contributed by atoms with Crippen LogP contribution in [0, 0.1) is 0 Å². The fourth-order valence-electron chi connectivity index (χ4n) is 1.92. The molecule has 138 valence electrons. The Labute approximate surface area is 175 Å². The Kier molecular flexibility index (Phi) is 10.6. The fraction of sp³-hybridized carbons (Fsp3) is 0.111. The molecule has 0 unspecified atom stereocenters. The number of para-hydroxylation sites is 2.